The lowest BCUT2D eigenvalue weighted by molar-refractivity contribution is -0.0176. The number of amides is 2. The van der Waals surface area contributed by atoms with Crippen molar-refractivity contribution in [2.24, 2.45) is 9.98 Å². The lowest BCUT2D eigenvalue weighted by Gasteiger charge is -2.23. The van der Waals surface area contributed by atoms with Crippen LogP contribution in [0.3, 0.4) is 0 Å². The van der Waals surface area contributed by atoms with E-state index in [1.165, 1.54) is 38.8 Å². The summed E-state index contributed by atoms with van der Waals surface area (Å²) in [5.41, 5.74) is 0. The third-order valence-corrected chi connectivity index (χ3v) is 7.04. The topological polar surface area (TPSA) is 156 Å². The molecule has 1 aliphatic heterocycles. The van der Waals surface area contributed by atoms with Crippen molar-refractivity contribution in [3.63, 3.8) is 0 Å². The maximum atomic E-state index is 12.6. The monoisotopic (exact) mass is 447 g/mol. The average Bonchev–Trinajstić information content (AvgIpc) is 2.67. The van der Waals surface area contributed by atoms with E-state index in [-0.39, 0.29) is 16.7 Å². The van der Waals surface area contributed by atoms with Crippen molar-refractivity contribution in [1.82, 2.24) is 15.1 Å². The van der Waals surface area contributed by atoms with Crippen LogP contribution in [0.5, 0.6) is 0 Å². The minimum absolute atomic E-state index is 0.0216. The Morgan fingerprint density at radius 2 is 1.83 bits per heavy atom. The van der Waals surface area contributed by atoms with Crippen LogP contribution in [-0.4, -0.2) is 66.6 Å². The second-order valence-electron chi connectivity index (χ2n) is 5.61. The van der Waals surface area contributed by atoms with Crippen LogP contribution in [-0.2, 0) is 29.4 Å². The number of sulfonamides is 1. The molecule has 1 aromatic carbocycles. The molecule has 1 aliphatic rings. The highest BCUT2D eigenvalue weighted by Crippen LogP contribution is 2.22. The number of benzene rings is 1. The number of methoxy groups -OCH3 is 1. The molecule has 1 heterocycles. The highest BCUT2D eigenvalue weighted by Gasteiger charge is 2.28. The van der Waals surface area contributed by atoms with Gasteiger partial charge in [0.15, 0.2) is 9.84 Å². The Morgan fingerprint density at radius 3 is 2.41 bits per heavy atom. The molecule has 0 saturated carbocycles. The standard InChI is InChI=1S/C15H21N5O7S2/c1-4-9-28(22,23)11-7-5-6-8-12(11)29(24,25)19-14(21)17-13-16-10-20(27-3)15(18-13)26-2/h5-8,10,13H,4,9H2,1-3H3,(H2,17,19,21). The Morgan fingerprint density at radius 1 is 1.17 bits per heavy atom. The molecule has 0 aliphatic carbocycles. The van der Waals surface area contributed by atoms with Gasteiger partial charge in [-0.25, -0.2) is 31.3 Å². The van der Waals surface area contributed by atoms with Gasteiger partial charge in [-0.05, 0) is 18.6 Å². The van der Waals surface area contributed by atoms with Crippen LogP contribution < -0.4 is 10.0 Å². The van der Waals surface area contributed by atoms with Gasteiger partial charge < -0.3 is 4.74 Å². The van der Waals surface area contributed by atoms with Gasteiger partial charge in [0.05, 0.1) is 24.9 Å². The number of ether oxygens (including phenoxy) is 1. The average molecular weight is 447 g/mol. The zero-order valence-electron chi connectivity index (χ0n) is 15.9. The molecular formula is C15H21N5O7S2. The number of nitrogens with zero attached hydrogens (tertiary/aromatic N) is 3. The number of hydrogen-bond donors (Lipinski definition) is 2. The van der Waals surface area contributed by atoms with E-state index in [0.717, 1.165) is 11.1 Å². The summed E-state index contributed by atoms with van der Waals surface area (Å²) < 4.78 is 56.7. The molecule has 1 aromatic rings. The molecule has 0 saturated heterocycles. The summed E-state index contributed by atoms with van der Waals surface area (Å²) in [7, 11) is -5.66. The zero-order valence-corrected chi connectivity index (χ0v) is 17.5. The van der Waals surface area contributed by atoms with Gasteiger partial charge in [-0.1, -0.05) is 19.1 Å². The molecule has 12 nitrogen and oxygen atoms in total. The van der Waals surface area contributed by atoms with Gasteiger partial charge in [0.25, 0.3) is 10.0 Å². The number of aliphatic imine (C=N–C) groups is 2. The number of hydroxylamine groups is 2. The summed E-state index contributed by atoms with van der Waals surface area (Å²) in [4.78, 5) is 23.9. The van der Waals surface area contributed by atoms with E-state index in [9.17, 15) is 21.6 Å². The molecule has 2 N–H and O–H groups in total. The number of carbonyl (C=O) groups excluding carboxylic acids is 1. The molecule has 0 bridgehead atoms. The van der Waals surface area contributed by atoms with E-state index in [1.807, 2.05) is 0 Å². The van der Waals surface area contributed by atoms with Crippen LogP contribution in [0.1, 0.15) is 13.3 Å². The van der Waals surface area contributed by atoms with Crippen LogP contribution >= 0.6 is 0 Å². The summed E-state index contributed by atoms with van der Waals surface area (Å²) in [6, 6.07) is 3.87. The van der Waals surface area contributed by atoms with Crippen molar-refractivity contribution in [3.05, 3.63) is 24.3 Å². The quantitative estimate of drug-likeness (QED) is 0.594. The number of carbonyl (C=O) groups is 1. The molecule has 1 unspecified atom stereocenters. The van der Waals surface area contributed by atoms with Crippen molar-refractivity contribution in [2.45, 2.75) is 29.4 Å². The molecule has 2 rings (SSSR count). The van der Waals surface area contributed by atoms with Crippen molar-refractivity contribution in [2.75, 3.05) is 20.0 Å². The van der Waals surface area contributed by atoms with Crippen LogP contribution in [0.15, 0.2) is 44.0 Å². The number of nitrogens with one attached hydrogen (secondary N) is 2. The molecule has 0 fully saturated rings. The predicted molar refractivity (Wildman–Crippen MR) is 103 cm³/mol. The Balaban J connectivity index is 2.21. The minimum Gasteiger partial charge on any atom is -0.467 e. The molecule has 160 valence electrons. The van der Waals surface area contributed by atoms with Crippen molar-refractivity contribution < 1.29 is 31.2 Å². The SMILES string of the molecule is CCCS(=O)(=O)c1ccccc1S(=O)(=O)NC(=O)NC1N=CN(OC)C(OC)=N1. The van der Waals surface area contributed by atoms with E-state index in [0.29, 0.717) is 6.42 Å². The fraction of sp³-hybridized carbons (Fsp3) is 0.400. The molecule has 1 atom stereocenters. The second-order valence-corrected chi connectivity index (χ2v) is 9.34. The Hall–Kier alpha value is -2.71. The number of urea groups is 1. The first-order valence-electron chi connectivity index (χ1n) is 8.28. The molecule has 0 radical (unpaired) electrons. The first-order chi connectivity index (χ1) is 13.6. The van der Waals surface area contributed by atoms with Gasteiger partial charge in [-0.15, -0.1) is 0 Å². The van der Waals surface area contributed by atoms with E-state index >= 15 is 0 Å². The molecular weight excluding hydrogens is 426 g/mol. The van der Waals surface area contributed by atoms with E-state index in [1.54, 1.807) is 11.6 Å². The van der Waals surface area contributed by atoms with Crippen LogP contribution in [0, 0.1) is 0 Å². The smallest absolute Gasteiger partial charge is 0.331 e. The normalized spacial score (nSPS) is 16.9. The summed E-state index contributed by atoms with van der Waals surface area (Å²) in [5.74, 6) is -0.229. The summed E-state index contributed by atoms with van der Waals surface area (Å²) in [6.45, 7) is 1.66. The van der Waals surface area contributed by atoms with Crippen molar-refractivity contribution in [1.29, 1.82) is 0 Å². The fourth-order valence-corrected chi connectivity index (χ4v) is 5.47. The number of amidine groups is 1. The summed E-state index contributed by atoms with van der Waals surface area (Å²) >= 11 is 0. The molecule has 2 amide bonds. The van der Waals surface area contributed by atoms with Gasteiger partial charge in [-0.2, -0.15) is 10.1 Å². The molecule has 0 aromatic heterocycles. The van der Waals surface area contributed by atoms with E-state index < -0.39 is 37.1 Å². The number of sulfone groups is 1. The third kappa shape index (κ3) is 5.42. The Kier molecular flexibility index (Phi) is 7.16. The Labute approximate surface area is 168 Å². The first-order valence-corrected chi connectivity index (χ1v) is 11.4. The van der Waals surface area contributed by atoms with E-state index in [4.69, 9.17) is 9.57 Å². The van der Waals surface area contributed by atoms with Gasteiger partial charge in [0.1, 0.15) is 11.2 Å². The van der Waals surface area contributed by atoms with Crippen LogP contribution in [0.2, 0.25) is 0 Å². The predicted octanol–water partition coefficient (Wildman–Crippen LogP) is 0.0495. The summed E-state index contributed by atoms with van der Waals surface area (Å²) in [5, 5.41) is 3.30. The fourth-order valence-electron chi connectivity index (χ4n) is 2.34. The highest BCUT2D eigenvalue weighted by molar-refractivity contribution is 7.93. The van der Waals surface area contributed by atoms with Crippen molar-refractivity contribution in [3.8, 4) is 0 Å². The third-order valence-electron chi connectivity index (χ3n) is 3.55. The van der Waals surface area contributed by atoms with Crippen LogP contribution in [0.25, 0.3) is 0 Å². The lowest BCUT2D eigenvalue weighted by Crippen LogP contribution is -2.46. The summed E-state index contributed by atoms with van der Waals surface area (Å²) in [6.07, 6.45) is 0.311. The maximum absolute atomic E-state index is 12.6. The highest BCUT2D eigenvalue weighted by atomic mass is 32.2. The van der Waals surface area contributed by atoms with Crippen LogP contribution in [0.4, 0.5) is 4.79 Å². The second kappa shape index (κ2) is 9.19. The van der Waals surface area contributed by atoms with Gasteiger partial charge in [0.2, 0.25) is 6.29 Å². The van der Waals surface area contributed by atoms with Gasteiger partial charge >= 0.3 is 12.1 Å². The van der Waals surface area contributed by atoms with Crippen molar-refractivity contribution >= 4 is 38.3 Å². The van der Waals surface area contributed by atoms with Gasteiger partial charge in [0, 0.05) is 0 Å². The zero-order chi connectivity index (χ0) is 21.7. The maximum Gasteiger partial charge on any atom is 0.331 e. The lowest BCUT2D eigenvalue weighted by atomic mass is 10.4. The van der Waals surface area contributed by atoms with E-state index in [2.05, 4.69) is 15.3 Å². The largest absolute Gasteiger partial charge is 0.467 e. The minimum atomic E-state index is -4.48. The van der Waals surface area contributed by atoms with Gasteiger partial charge in [-0.3, -0.25) is 10.2 Å². The number of hydrogen-bond acceptors (Lipinski definition) is 10. The molecule has 0 spiro atoms. The molecule has 14 heteroatoms. The number of rotatable bonds is 7. The molecule has 29 heavy (non-hydrogen) atoms. The first kappa shape index (κ1) is 22.6. The Bertz CT molecular complexity index is 1020.